The van der Waals surface area contributed by atoms with Crippen molar-refractivity contribution in [1.82, 2.24) is 0 Å². The summed E-state index contributed by atoms with van der Waals surface area (Å²) in [4.78, 5) is 0. The highest BCUT2D eigenvalue weighted by Gasteiger charge is 2.02. The molecule has 0 aromatic rings. The van der Waals surface area contributed by atoms with Gasteiger partial charge in [-0.1, -0.05) is 541 Å². The van der Waals surface area contributed by atoms with Gasteiger partial charge >= 0.3 is 0 Å². The fourth-order valence-electron chi connectivity index (χ4n) is 14.2. The number of methoxy groups -OCH3 is 3. The molecule has 0 spiro atoms. The molecular formula is C92H192O3. The van der Waals surface area contributed by atoms with Gasteiger partial charge in [-0.05, 0) is 12.8 Å². The molecule has 0 aliphatic carbocycles. The number of rotatable bonds is 83. The zero-order valence-corrected chi connectivity index (χ0v) is 68.6. The van der Waals surface area contributed by atoms with E-state index in [0.717, 1.165) is 13.2 Å². The second kappa shape index (κ2) is 107. The molecule has 0 amide bonds. The van der Waals surface area contributed by atoms with Crippen molar-refractivity contribution < 1.29 is 14.2 Å². The van der Waals surface area contributed by atoms with Crippen molar-refractivity contribution in [3.63, 3.8) is 0 Å². The summed E-state index contributed by atoms with van der Waals surface area (Å²) in [6, 6.07) is 0. The van der Waals surface area contributed by atoms with Gasteiger partial charge < -0.3 is 14.2 Å². The third-order valence-corrected chi connectivity index (χ3v) is 20.9. The lowest BCUT2D eigenvalue weighted by atomic mass is 10.0. The molecule has 0 rings (SSSR count). The predicted octanol–water partition coefficient (Wildman–Crippen LogP) is 34.6. The zero-order chi connectivity index (χ0) is 69.5. The van der Waals surface area contributed by atoms with Crippen molar-refractivity contribution in [3.05, 3.63) is 0 Å². The smallest absolute Gasteiger partial charge is 0.0462 e. The lowest BCUT2D eigenvalue weighted by molar-refractivity contribution is 0.192. The predicted molar refractivity (Wildman–Crippen MR) is 438 cm³/mol. The van der Waals surface area contributed by atoms with Crippen LogP contribution in [-0.2, 0) is 14.2 Å². The van der Waals surface area contributed by atoms with E-state index in [1.165, 1.54) is 527 Å². The van der Waals surface area contributed by atoms with Gasteiger partial charge in [0.2, 0.25) is 0 Å². The molecule has 0 fully saturated rings. The molecule has 578 valence electrons. The van der Waals surface area contributed by atoms with Crippen LogP contribution >= 0.6 is 0 Å². The molecule has 3 nitrogen and oxygen atoms in total. The Morgan fingerprint density at radius 2 is 0.168 bits per heavy atom. The van der Waals surface area contributed by atoms with Gasteiger partial charge in [-0.3, -0.25) is 0 Å². The Morgan fingerprint density at radius 3 is 0.232 bits per heavy atom. The number of hydrogen-bond acceptors (Lipinski definition) is 3. The summed E-state index contributed by atoms with van der Waals surface area (Å²) in [5.41, 5.74) is 0. The van der Waals surface area contributed by atoms with Crippen LogP contribution in [0.25, 0.3) is 0 Å². The lowest BCUT2D eigenvalue weighted by Gasteiger charge is -2.04. The summed E-state index contributed by atoms with van der Waals surface area (Å²) < 4.78 is 14.5. The first-order chi connectivity index (χ1) is 47.2. The largest absolute Gasteiger partial charge is 0.388 e. The Kier molecular flexibility index (Phi) is 114. The van der Waals surface area contributed by atoms with Crippen LogP contribution < -0.4 is 0 Å². The highest BCUT2D eigenvalue weighted by atomic mass is 16.5. The van der Waals surface area contributed by atoms with Crippen molar-refractivity contribution >= 4 is 0 Å². The van der Waals surface area contributed by atoms with Crippen molar-refractivity contribution in [2.75, 3.05) is 41.7 Å². The first-order valence-electron chi connectivity index (χ1n) is 45.5. The minimum Gasteiger partial charge on any atom is -0.388 e. The van der Waals surface area contributed by atoms with E-state index < -0.39 is 0 Å². The van der Waals surface area contributed by atoms with Crippen LogP contribution in [0.3, 0.4) is 0 Å². The molecule has 0 saturated carbocycles. The van der Waals surface area contributed by atoms with E-state index in [0.29, 0.717) is 0 Å². The maximum Gasteiger partial charge on any atom is 0.0462 e. The average molecular weight is 1350 g/mol. The van der Waals surface area contributed by atoms with Crippen molar-refractivity contribution in [2.24, 2.45) is 0 Å². The Labute approximate surface area is 606 Å². The van der Waals surface area contributed by atoms with Crippen LogP contribution in [0.1, 0.15) is 554 Å². The van der Waals surface area contributed by atoms with E-state index in [4.69, 9.17) is 9.47 Å². The normalized spacial score (nSPS) is 11.2. The Bertz CT molecular complexity index is 1060. The fraction of sp³-hybridized carbons (Fsp3) is 1.00. The maximum absolute atomic E-state index is 5.10. The summed E-state index contributed by atoms with van der Waals surface area (Å²) in [6.45, 7) is 11.1. The van der Waals surface area contributed by atoms with E-state index in [9.17, 15) is 0 Å². The van der Waals surface area contributed by atoms with Crippen LogP contribution in [0.5, 0.6) is 0 Å². The maximum atomic E-state index is 5.10. The van der Waals surface area contributed by atoms with Gasteiger partial charge in [0.1, 0.15) is 0 Å². The topological polar surface area (TPSA) is 27.7 Å². The summed E-state index contributed by atoms with van der Waals surface area (Å²) in [7, 11) is 6.86. The minimum atomic E-state index is 0.944. The van der Waals surface area contributed by atoms with E-state index in [-0.39, 0.29) is 0 Å². The number of ether oxygens (including phenoxy) is 3. The van der Waals surface area contributed by atoms with Crippen LogP contribution in [0.15, 0.2) is 0 Å². The monoisotopic (exact) mass is 1350 g/mol. The molecule has 0 bridgehead atoms. The van der Waals surface area contributed by atoms with Crippen molar-refractivity contribution in [1.29, 1.82) is 0 Å². The number of unbranched alkanes of at least 4 members (excludes halogenated alkanes) is 79. The molecule has 0 aromatic carbocycles. The highest BCUT2D eigenvalue weighted by molar-refractivity contribution is 4.57. The Balaban J connectivity index is -0.000000641. The molecule has 0 aliphatic heterocycles. The minimum absolute atomic E-state index is 0.944. The summed E-state index contributed by atoms with van der Waals surface area (Å²) >= 11 is 0. The van der Waals surface area contributed by atoms with Crippen LogP contribution in [0.2, 0.25) is 0 Å². The van der Waals surface area contributed by atoms with Gasteiger partial charge in [-0.15, -0.1) is 0 Å². The molecule has 0 heterocycles. The third-order valence-electron chi connectivity index (χ3n) is 20.9. The number of hydrogen-bond donors (Lipinski definition) is 0. The fourth-order valence-corrected chi connectivity index (χ4v) is 14.2. The first-order valence-corrected chi connectivity index (χ1v) is 45.5. The van der Waals surface area contributed by atoms with Gasteiger partial charge in [0.05, 0.1) is 0 Å². The molecule has 0 atom stereocenters. The van der Waals surface area contributed by atoms with Crippen molar-refractivity contribution in [3.8, 4) is 0 Å². The standard InChI is InChI=1S/C32H66O.C30H62O.C28H58.C2H6O/c1-3-4-5-6-7-8-9-10-11-12-13-14-15-16-17-18-19-20-21-22-23-24-25-26-27-28-29-30-31-32-33-2;1-3-4-5-6-7-8-9-10-11-12-13-14-15-16-17-18-19-20-21-22-23-24-25-26-27-28-29-30-31-2;1-3-5-7-9-11-13-15-17-19-21-23-25-27-28-26-24-22-20-18-16-14-12-10-8-6-4-2;1-3-2/h3-32H2,1-2H3;3-30H2,1-2H3;3-28H2,1-2H3;1-2H3. The van der Waals surface area contributed by atoms with E-state index in [2.05, 4.69) is 32.4 Å². The van der Waals surface area contributed by atoms with Gasteiger partial charge in [0.15, 0.2) is 0 Å². The highest BCUT2D eigenvalue weighted by Crippen LogP contribution is 2.21. The Morgan fingerprint density at radius 1 is 0.105 bits per heavy atom. The van der Waals surface area contributed by atoms with Gasteiger partial charge in [0.25, 0.3) is 0 Å². The van der Waals surface area contributed by atoms with E-state index >= 15 is 0 Å². The second-order valence-electron chi connectivity index (χ2n) is 31.0. The Hall–Kier alpha value is -0.120. The second-order valence-corrected chi connectivity index (χ2v) is 31.0. The van der Waals surface area contributed by atoms with Gasteiger partial charge in [0, 0.05) is 41.7 Å². The zero-order valence-electron chi connectivity index (χ0n) is 68.6. The third kappa shape index (κ3) is 115. The molecule has 0 saturated heterocycles. The van der Waals surface area contributed by atoms with Gasteiger partial charge in [-0.2, -0.15) is 0 Å². The van der Waals surface area contributed by atoms with Crippen LogP contribution in [0, 0.1) is 0 Å². The molecule has 0 radical (unpaired) electrons. The molecule has 0 aromatic heterocycles. The van der Waals surface area contributed by atoms with Crippen LogP contribution in [0.4, 0.5) is 0 Å². The van der Waals surface area contributed by atoms with Crippen molar-refractivity contribution in [2.45, 2.75) is 554 Å². The lowest BCUT2D eigenvalue weighted by Crippen LogP contribution is -1.88. The van der Waals surface area contributed by atoms with Crippen LogP contribution in [-0.4, -0.2) is 41.7 Å². The quantitative estimate of drug-likeness (QED) is 0.0568. The molecular weight excluding hydrogens is 1150 g/mol. The average Bonchev–Trinajstić information content (AvgIpc) is 3.59. The SMILES string of the molecule is CCCCCCCCCCCCCCCCCCCCCCCCCCCC.CCCCCCCCCCCCCCCCCCCCCCCCCCCCCCCOC.CCCCCCCCCCCCCCCCCCCCCCCCCCCCCOC.COC. The summed E-state index contributed by atoms with van der Waals surface area (Å²) in [5.74, 6) is 0. The molecule has 95 heavy (non-hydrogen) atoms. The first kappa shape index (κ1) is 101. The van der Waals surface area contributed by atoms with Gasteiger partial charge in [-0.25, -0.2) is 0 Å². The van der Waals surface area contributed by atoms with E-state index in [1.54, 1.807) is 21.3 Å². The molecule has 0 unspecified atom stereocenters. The molecule has 0 N–H and O–H groups in total. The van der Waals surface area contributed by atoms with E-state index in [1.807, 2.05) is 7.11 Å². The summed E-state index contributed by atoms with van der Waals surface area (Å²) in [5, 5.41) is 0. The summed E-state index contributed by atoms with van der Waals surface area (Å²) in [6.07, 6.45) is 120. The molecule has 0 aliphatic rings. The molecule has 3 heteroatoms.